The number of carbonyl (C=O) groups excluding carboxylic acids is 2. The minimum atomic E-state index is -0.538. The summed E-state index contributed by atoms with van der Waals surface area (Å²) >= 11 is 0. The summed E-state index contributed by atoms with van der Waals surface area (Å²) in [4.78, 5) is 29.9. The van der Waals surface area contributed by atoms with Crippen molar-refractivity contribution >= 4 is 17.5 Å². The molecule has 1 aliphatic rings. The number of nitrogens with one attached hydrogen (secondary N) is 1. The van der Waals surface area contributed by atoms with E-state index in [1.807, 2.05) is 35.0 Å². The molecule has 24 heavy (non-hydrogen) atoms. The number of aromatic nitrogens is 2. The predicted molar refractivity (Wildman–Crippen MR) is 88.7 cm³/mol. The Bertz CT molecular complexity index is 714. The second-order valence-electron chi connectivity index (χ2n) is 5.62. The maximum absolute atomic E-state index is 12.3. The van der Waals surface area contributed by atoms with Gasteiger partial charge in [0.15, 0.2) is 6.10 Å². The van der Waals surface area contributed by atoms with Crippen LogP contribution >= 0.6 is 0 Å². The summed E-state index contributed by atoms with van der Waals surface area (Å²) in [6, 6.07) is 7.37. The number of rotatable bonds is 6. The molecule has 0 saturated carbocycles. The van der Waals surface area contributed by atoms with Crippen molar-refractivity contribution < 1.29 is 14.3 Å². The first-order chi connectivity index (χ1) is 11.6. The highest BCUT2D eigenvalue weighted by Crippen LogP contribution is 2.33. The van der Waals surface area contributed by atoms with Crippen molar-refractivity contribution in [2.75, 3.05) is 18.0 Å². The Morgan fingerprint density at radius 3 is 2.96 bits per heavy atom. The fourth-order valence-corrected chi connectivity index (χ4v) is 2.63. The van der Waals surface area contributed by atoms with Gasteiger partial charge in [-0.25, -0.2) is 4.98 Å². The minimum Gasteiger partial charge on any atom is -0.479 e. The number of carbonyl (C=O) groups is 2. The van der Waals surface area contributed by atoms with E-state index in [1.54, 1.807) is 24.3 Å². The lowest BCUT2D eigenvalue weighted by Crippen LogP contribution is -2.45. The molecular formula is C17H20N4O3. The Balaban J connectivity index is 1.53. The smallest absolute Gasteiger partial charge is 0.267 e. The van der Waals surface area contributed by atoms with Gasteiger partial charge in [0.05, 0.1) is 12.0 Å². The van der Waals surface area contributed by atoms with Crippen molar-refractivity contribution in [3.63, 3.8) is 0 Å². The van der Waals surface area contributed by atoms with Gasteiger partial charge in [-0.1, -0.05) is 12.1 Å². The summed E-state index contributed by atoms with van der Waals surface area (Å²) in [7, 11) is 0. The molecule has 0 radical (unpaired) electrons. The predicted octanol–water partition coefficient (Wildman–Crippen LogP) is 1.20. The van der Waals surface area contributed by atoms with Gasteiger partial charge in [0.25, 0.3) is 5.91 Å². The molecule has 2 aromatic rings. The van der Waals surface area contributed by atoms with E-state index >= 15 is 0 Å². The number of ether oxygens (including phenoxy) is 1. The molecule has 1 atom stereocenters. The second kappa shape index (κ2) is 7.16. The van der Waals surface area contributed by atoms with Crippen molar-refractivity contribution in [1.29, 1.82) is 0 Å². The van der Waals surface area contributed by atoms with Crippen molar-refractivity contribution in [3.05, 3.63) is 43.0 Å². The molecule has 2 heterocycles. The molecule has 1 aromatic heterocycles. The first-order valence-corrected chi connectivity index (χ1v) is 7.94. The number of para-hydroxylation sites is 2. The van der Waals surface area contributed by atoms with Crippen molar-refractivity contribution in [2.24, 2.45) is 0 Å². The summed E-state index contributed by atoms with van der Waals surface area (Å²) in [6.07, 6.45) is 4.96. The largest absolute Gasteiger partial charge is 0.479 e. The van der Waals surface area contributed by atoms with Gasteiger partial charge in [0.2, 0.25) is 5.91 Å². The topological polar surface area (TPSA) is 76.5 Å². The fourth-order valence-electron chi connectivity index (χ4n) is 2.63. The van der Waals surface area contributed by atoms with Crippen molar-refractivity contribution in [1.82, 2.24) is 14.9 Å². The van der Waals surface area contributed by atoms with Crippen LogP contribution in [0.4, 0.5) is 5.69 Å². The SMILES string of the molecule is C[C@@H]1Oc2ccccc2N(CCC(=O)NCCn2ccnc2)C1=O. The van der Waals surface area contributed by atoms with Crippen LogP contribution in [0.2, 0.25) is 0 Å². The van der Waals surface area contributed by atoms with Crippen LogP contribution in [0, 0.1) is 0 Å². The molecule has 7 nitrogen and oxygen atoms in total. The van der Waals surface area contributed by atoms with E-state index in [1.165, 1.54) is 0 Å². The first kappa shape index (κ1) is 16.0. The maximum Gasteiger partial charge on any atom is 0.267 e. The van der Waals surface area contributed by atoms with Crippen LogP contribution in [-0.4, -0.2) is 40.6 Å². The van der Waals surface area contributed by atoms with Gasteiger partial charge in [-0.3, -0.25) is 9.59 Å². The van der Waals surface area contributed by atoms with Crippen LogP contribution in [0.5, 0.6) is 5.75 Å². The molecule has 0 aliphatic carbocycles. The maximum atomic E-state index is 12.3. The average molecular weight is 328 g/mol. The third-order valence-electron chi connectivity index (χ3n) is 3.89. The average Bonchev–Trinajstić information content (AvgIpc) is 3.09. The van der Waals surface area contributed by atoms with E-state index < -0.39 is 6.10 Å². The second-order valence-corrected chi connectivity index (χ2v) is 5.62. The number of hydrogen-bond acceptors (Lipinski definition) is 4. The Morgan fingerprint density at radius 2 is 2.17 bits per heavy atom. The summed E-state index contributed by atoms with van der Waals surface area (Å²) in [6.45, 7) is 3.25. The molecule has 0 spiro atoms. The minimum absolute atomic E-state index is 0.0838. The number of anilines is 1. The van der Waals surface area contributed by atoms with Gasteiger partial charge < -0.3 is 19.5 Å². The van der Waals surface area contributed by atoms with Gasteiger partial charge in [0.1, 0.15) is 5.75 Å². The molecule has 1 aromatic carbocycles. The summed E-state index contributed by atoms with van der Waals surface area (Å²) in [5, 5.41) is 2.85. The van der Waals surface area contributed by atoms with E-state index in [-0.39, 0.29) is 18.2 Å². The Kier molecular flexibility index (Phi) is 4.79. The van der Waals surface area contributed by atoms with Crippen LogP contribution in [0.3, 0.4) is 0 Å². The van der Waals surface area contributed by atoms with Gasteiger partial charge in [-0.05, 0) is 19.1 Å². The standard InChI is InChI=1S/C17H20N4O3/c1-13-17(23)21(14-4-2-3-5-15(14)24-13)9-6-16(22)19-8-11-20-10-7-18-12-20/h2-5,7,10,12-13H,6,8-9,11H2,1H3,(H,19,22)/t13-/m0/s1. The van der Waals surface area contributed by atoms with E-state index in [2.05, 4.69) is 10.3 Å². The molecule has 1 N–H and O–H groups in total. The van der Waals surface area contributed by atoms with Gasteiger partial charge in [0, 0.05) is 38.4 Å². The quantitative estimate of drug-likeness (QED) is 0.864. The Morgan fingerprint density at radius 1 is 1.33 bits per heavy atom. The fraction of sp³-hybridized carbons (Fsp3) is 0.353. The van der Waals surface area contributed by atoms with Crippen LogP contribution < -0.4 is 15.0 Å². The number of fused-ring (bicyclic) bond motifs is 1. The number of hydrogen-bond donors (Lipinski definition) is 1. The van der Waals surface area contributed by atoms with Crippen molar-refractivity contribution in [2.45, 2.75) is 26.0 Å². The lowest BCUT2D eigenvalue weighted by atomic mass is 10.1. The number of nitrogens with zero attached hydrogens (tertiary/aromatic N) is 3. The molecule has 3 rings (SSSR count). The highest BCUT2D eigenvalue weighted by Gasteiger charge is 2.31. The first-order valence-electron chi connectivity index (χ1n) is 7.94. The lowest BCUT2D eigenvalue weighted by Gasteiger charge is -2.32. The van der Waals surface area contributed by atoms with Crippen LogP contribution in [-0.2, 0) is 16.1 Å². The normalized spacial score (nSPS) is 16.5. The van der Waals surface area contributed by atoms with E-state index in [4.69, 9.17) is 4.74 Å². The van der Waals surface area contributed by atoms with Crippen LogP contribution in [0.15, 0.2) is 43.0 Å². The molecule has 7 heteroatoms. The van der Waals surface area contributed by atoms with Gasteiger partial charge >= 0.3 is 0 Å². The van der Waals surface area contributed by atoms with Crippen LogP contribution in [0.25, 0.3) is 0 Å². The molecule has 0 saturated heterocycles. The Hall–Kier alpha value is -2.83. The molecule has 0 bridgehead atoms. The highest BCUT2D eigenvalue weighted by molar-refractivity contribution is 6.00. The summed E-state index contributed by atoms with van der Waals surface area (Å²) < 4.78 is 7.48. The monoisotopic (exact) mass is 328 g/mol. The van der Waals surface area contributed by atoms with Gasteiger partial charge in [-0.2, -0.15) is 0 Å². The van der Waals surface area contributed by atoms with Gasteiger partial charge in [-0.15, -0.1) is 0 Å². The zero-order valence-electron chi connectivity index (χ0n) is 13.5. The molecule has 126 valence electrons. The number of imidazole rings is 1. The van der Waals surface area contributed by atoms with Crippen molar-refractivity contribution in [3.8, 4) is 5.75 Å². The summed E-state index contributed by atoms with van der Waals surface area (Å²) in [5.74, 6) is 0.463. The molecule has 0 fully saturated rings. The molecule has 2 amide bonds. The van der Waals surface area contributed by atoms with Crippen LogP contribution in [0.1, 0.15) is 13.3 Å². The molecule has 0 unspecified atom stereocenters. The lowest BCUT2D eigenvalue weighted by molar-refractivity contribution is -0.125. The third-order valence-corrected chi connectivity index (χ3v) is 3.89. The Labute approximate surface area is 140 Å². The van der Waals surface area contributed by atoms with E-state index in [9.17, 15) is 9.59 Å². The number of benzene rings is 1. The van der Waals surface area contributed by atoms with E-state index in [0.29, 0.717) is 31.1 Å². The van der Waals surface area contributed by atoms with E-state index in [0.717, 1.165) is 0 Å². The summed E-state index contributed by atoms with van der Waals surface area (Å²) in [5.41, 5.74) is 0.715. The molecule has 1 aliphatic heterocycles. The third kappa shape index (κ3) is 3.56. The number of amides is 2. The molecular weight excluding hydrogens is 308 g/mol. The highest BCUT2D eigenvalue weighted by atomic mass is 16.5. The zero-order valence-corrected chi connectivity index (χ0v) is 13.5. The zero-order chi connectivity index (χ0) is 16.9.